The molecule has 12 heteroatoms. The molecule has 0 aliphatic rings. The molecule has 1 heterocycles. The highest BCUT2D eigenvalue weighted by atomic mass is 32.3. The molecule has 8 nitrogen and oxygen atoms in total. The van der Waals surface area contributed by atoms with E-state index in [0.29, 0.717) is 38.5 Å². The number of nitrogens with zero attached hydrogens (tertiary/aromatic N) is 2. The summed E-state index contributed by atoms with van der Waals surface area (Å²) in [4.78, 5) is 0. The van der Waals surface area contributed by atoms with Gasteiger partial charge in [0.2, 0.25) is 0 Å². The molecule has 3 rings (SSSR count). The van der Waals surface area contributed by atoms with Gasteiger partial charge in [0, 0.05) is 6.92 Å². The zero-order valence-corrected chi connectivity index (χ0v) is 27.0. The molecule has 0 radical (unpaired) electrons. The molecule has 0 atom stereocenters. The molecule has 0 saturated heterocycles. The molecule has 0 saturated carbocycles. The molecule has 0 bridgehead atoms. The highest BCUT2D eigenvalue weighted by Gasteiger charge is 2.22. The molecule has 41 heavy (non-hydrogen) atoms. The van der Waals surface area contributed by atoms with Crippen molar-refractivity contribution in [1.29, 1.82) is 0 Å². The predicted molar refractivity (Wildman–Crippen MR) is 157 cm³/mol. The Balaban J connectivity index is 0.000000316. The molecule has 0 spiro atoms. The molecular weight excluding hydrogens is 574 g/mol. The Morgan fingerprint density at radius 3 is 1.37 bits per heavy atom. The Morgan fingerprint density at radius 1 is 0.756 bits per heavy atom. The second-order valence-corrected chi connectivity index (χ2v) is 13.0. The molecule has 2 aromatic carbocycles. The first kappa shape index (κ1) is 36.0. The van der Waals surface area contributed by atoms with Crippen LogP contribution in [-0.4, -0.2) is 25.9 Å². The maximum absolute atomic E-state index is 12.7. The molecule has 1 N–H and O–H groups in total. The molecule has 0 amide bonds. The lowest BCUT2D eigenvalue weighted by Crippen LogP contribution is -2.30. The molecule has 0 fully saturated rings. The fourth-order valence-electron chi connectivity index (χ4n) is 3.95. The summed E-state index contributed by atoms with van der Waals surface area (Å²) < 4.78 is 73.6. The van der Waals surface area contributed by atoms with Crippen LogP contribution in [0.15, 0.2) is 48.8 Å². The Hall–Kier alpha value is -2.99. The normalized spacial score (nSPS) is 11.8. The van der Waals surface area contributed by atoms with Crippen LogP contribution in [0.2, 0.25) is 0 Å². The van der Waals surface area contributed by atoms with Crippen molar-refractivity contribution in [2.75, 3.05) is 0 Å². The van der Waals surface area contributed by atoms with Crippen LogP contribution in [0.4, 0.5) is 7.77 Å². The first-order valence-corrected chi connectivity index (χ1v) is 15.9. The second-order valence-electron chi connectivity index (χ2n) is 10.8. The monoisotopic (exact) mass is 617 g/mol. The number of hydrogen-bond donors (Lipinski definition) is 1. The standard InChI is InChI=1S/C12H17FO3S.C12H18O.C5H8FN2O2S/c1-8(2)10-6-5-7-11(9(3)4)12(10)16-17(13,14)15;1-8(2)10-6-5-7-11(9(3)4)12(10)13;1-5-7(2)3-4-8(5)11(6,9)10/h5-9H,1-4H3;5-9,13H,1-4H3;3-4H,1-2H3/q;;+1. The first-order chi connectivity index (χ1) is 18.7. The van der Waals surface area contributed by atoms with Gasteiger partial charge in [0.1, 0.15) is 18.1 Å². The summed E-state index contributed by atoms with van der Waals surface area (Å²) in [5.74, 6) is 1.83. The smallest absolute Gasteiger partial charge is 0.488 e. The largest absolute Gasteiger partial charge is 0.507 e. The van der Waals surface area contributed by atoms with E-state index in [-0.39, 0.29) is 17.6 Å². The third kappa shape index (κ3) is 10.7. The third-order valence-electron chi connectivity index (χ3n) is 6.34. The number of halogens is 2. The summed E-state index contributed by atoms with van der Waals surface area (Å²) in [6.45, 7) is 17.5. The van der Waals surface area contributed by atoms with E-state index in [1.165, 1.54) is 17.7 Å². The summed E-state index contributed by atoms with van der Waals surface area (Å²) >= 11 is 0. The number of aromatic hydroxyl groups is 1. The number of imidazole rings is 1. The number of phenols is 1. The number of aromatic nitrogens is 2. The summed E-state index contributed by atoms with van der Waals surface area (Å²) in [5.41, 5.74) is 3.48. The number of aryl methyl sites for hydroxylation is 1. The highest BCUT2D eigenvalue weighted by molar-refractivity contribution is 7.84. The summed E-state index contributed by atoms with van der Waals surface area (Å²) in [7, 11) is -7.97. The van der Waals surface area contributed by atoms with Gasteiger partial charge in [-0.2, -0.15) is 16.8 Å². The molecule has 0 unspecified atom stereocenters. The Bertz CT molecular complexity index is 1460. The van der Waals surface area contributed by atoms with E-state index in [9.17, 15) is 29.7 Å². The van der Waals surface area contributed by atoms with Gasteiger partial charge < -0.3 is 9.29 Å². The number of benzene rings is 2. The number of phenolic OH excluding ortho intramolecular Hbond substituents is 1. The lowest BCUT2D eigenvalue weighted by atomic mass is 9.94. The molecule has 0 aliphatic carbocycles. The minimum atomic E-state index is -4.99. The van der Waals surface area contributed by atoms with Crippen LogP contribution in [0.1, 0.15) is 107 Å². The number of rotatable bonds is 7. The summed E-state index contributed by atoms with van der Waals surface area (Å²) in [6, 6.07) is 11.3. The van der Waals surface area contributed by atoms with Crippen molar-refractivity contribution < 1.29 is 38.5 Å². The van der Waals surface area contributed by atoms with Crippen LogP contribution in [0, 0.1) is 6.92 Å². The van der Waals surface area contributed by atoms with Gasteiger partial charge in [0.05, 0.1) is 7.05 Å². The van der Waals surface area contributed by atoms with E-state index in [4.69, 9.17) is 0 Å². The highest BCUT2D eigenvalue weighted by Crippen LogP contribution is 2.35. The Kier molecular flexibility index (Phi) is 13.0. The van der Waals surface area contributed by atoms with Crippen LogP contribution in [0.3, 0.4) is 0 Å². The summed E-state index contributed by atoms with van der Waals surface area (Å²) in [5, 5.41) is 9.93. The fourth-order valence-corrected chi connectivity index (χ4v) is 4.99. The first-order valence-electron chi connectivity index (χ1n) is 13.3. The number of hydrogen-bond acceptors (Lipinski definition) is 6. The van der Waals surface area contributed by atoms with Crippen LogP contribution in [0.25, 0.3) is 0 Å². The minimum Gasteiger partial charge on any atom is -0.507 e. The fraction of sp³-hybridized carbons (Fsp3) is 0.483. The SMILES string of the molecule is CC(C)c1cccc(C(C)C)c1O.CC(C)c1cccc(C(C)C)c1OS(=O)(=O)F.Cc1n(S(=O)(=O)F)cc[n+]1C. The second kappa shape index (κ2) is 14.8. The molecular formula is C29H43F2N2O6S2+. The van der Waals surface area contributed by atoms with Crippen molar-refractivity contribution in [2.45, 2.75) is 86.0 Å². The van der Waals surface area contributed by atoms with E-state index < -0.39 is 20.9 Å². The maximum Gasteiger partial charge on any atom is 0.488 e. The van der Waals surface area contributed by atoms with Crippen molar-refractivity contribution in [3.8, 4) is 11.5 Å². The van der Waals surface area contributed by atoms with Gasteiger partial charge in [-0.1, -0.05) is 104 Å². The molecule has 230 valence electrons. The Morgan fingerprint density at radius 2 is 1.12 bits per heavy atom. The van der Waals surface area contributed by atoms with Crippen LogP contribution in [0.5, 0.6) is 11.5 Å². The van der Waals surface area contributed by atoms with Gasteiger partial charge in [-0.25, -0.2) is 4.57 Å². The molecule has 0 aliphatic heterocycles. The van der Waals surface area contributed by atoms with E-state index >= 15 is 0 Å². The topological polar surface area (TPSA) is 107 Å². The van der Waals surface area contributed by atoms with Crippen molar-refractivity contribution >= 4 is 20.9 Å². The van der Waals surface area contributed by atoms with Crippen molar-refractivity contribution in [1.82, 2.24) is 3.97 Å². The van der Waals surface area contributed by atoms with Gasteiger partial charge in [-0.05, 0) is 45.9 Å². The van der Waals surface area contributed by atoms with Crippen LogP contribution >= 0.6 is 0 Å². The quantitative estimate of drug-likeness (QED) is 0.230. The van der Waals surface area contributed by atoms with Gasteiger partial charge in [-0.15, -0.1) is 0 Å². The van der Waals surface area contributed by atoms with E-state index in [0.717, 1.165) is 17.3 Å². The van der Waals surface area contributed by atoms with Crippen LogP contribution < -0.4 is 8.75 Å². The average Bonchev–Trinajstić information content (AvgIpc) is 3.17. The van der Waals surface area contributed by atoms with Gasteiger partial charge >= 0.3 is 20.9 Å². The predicted octanol–water partition coefficient (Wildman–Crippen LogP) is 6.85. The van der Waals surface area contributed by atoms with Gasteiger partial charge in [-0.3, -0.25) is 0 Å². The van der Waals surface area contributed by atoms with Gasteiger partial charge in [0.25, 0.3) is 5.82 Å². The zero-order chi connectivity index (χ0) is 31.9. The maximum atomic E-state index is 12.7. The van der Waals surface area contributed by atoms with Gasteiger partial charge in [0.15, 0.2) is 5.75 Å². The van der Waals surface area contributed by atoms with E-state index in [2.05, 4.69) is 31.9 Å². The summed E-state index contributed by atoms with van der Waals surface area (Å²) in [6.07, 6.45) is 2.62. The van der Waals surface area contributed by atoms with Crippen molar-refractivity contribution in [2.24, 2.45) is 7.05 Å². The lowest BCUT2D eigenvalue weighted by Gasteiger charge is -2.17. The third-order valence-corrected chi connectivity index (χ3v) is 7.56. The number of para-hydroxylation sites is 2. The van der Waals surface area contributed by atoms with E-state index in [1.807, 2.05) is 52.0 Å². The molecule has 1 aromatic heterocycles. The van der Waals surface area contributed by atoms with Crippen molar-refractivity contribution in [3.05, 3.63) is 76.9 Å². The minimum absolute atomic E-state index is 0.0606. The lowest BCUT2D eigenvalue weighted by molar-refractivity contribution is -0.676. The average molecular weight is 618 g/mol. The zero-order valence-electron chi connectivity index (χ0n) is 25.4. The van der Waals surface area contributed by atoms with Crippen molar-refractivity contribution in [3.63, 3.8) is 0 Å². The van der Waals surface area contributed by atoms with E-state index in [1.54, 1.807) is 19.2 Å². The molecule has 3 aromatic rings. The Labute approximate surface area is 244 Å². The van der Waals surface area contributed by atoms with Crippen LogP contribution in [-0.2, 0) is 28.0 Å².